The normalized spacial score (nSPS) is 21.7. The Morgan fingerprint density at radius 3 is 2.93 bits per heavy atom. The Balaban J connectivity index is 1.32. The predicted molar refractivity (Wildman–Crippen MR) is 117 cm³/mol. The smallest absolute Gasteiger partial charge is 0.251 e. The second-order valence-electron chi connectivity index (χ2n) is 7.75. The largest absolute Gasteiger partial charge is 0.365 e. The number of hydrogen-bond donors (Lipinski definition) is 2. The Morgan fingerprint density at radius 2 is 2.10 bits per heavy atom. The van der Waals surface area contributed by atoms with Crippen molar-refractivity contribution < 1.29 is 9.59 Å². The van der Waals surface area contributed by atoms with E-state index in [-0.39, 0.29) is 11.7 Å². The summed E-state index contributed by atoms with van der Waals surface area (Å²) in [4.78, 5) is 35.1. The fraction of sp³-hybridized carbons (Fsp3) is 0.500. The van der Waals surface area contributed by atoms with Gasteiger partial charge in [-0.25, -0.2) is 9.97 Å². The highest BCUT2D eigenvalue weighted by Crippen LogP contribution is 2.54. The fourth-order valence-electron chi connectivity index (χ4n) is 4.64. The number of aryl methyl sites for hydroxylation is 2. The molecule has 0 spiro atoms. The van der Waals surface area contributed by atoms with Gasteiger partial charge in [0, 0.05) is 21.6 Å². The van der Waals surface area contributed by atoms with E-state index in [2.05, 4.69) is 15.3 Å². The molecule has 1 aliphatic heterocycles. The molecule has 2 aromatic rings. The monoisotopic (exact) mass is 446 g/mol. The van der Waals surface area contributed by atoms with Gasteiger partial charge in [0.2, 0.25) is 5.91 Å². The van der Waals surface area contributed by atoms with Crippen LogP contribution in [0.15, 0.2) is 10.1 Å². The number of carbonyl (C=O) groups excluding carboxylic acids is 2. The first-order valence-corrected chi connectivity index (χ1v) is 12.6. The van der Waals surface area contributed by atoms with E-state index in [1.165, 1.54) is 52.8 Å². The molecule has 3 heterocycles. The molecule has 152 valence electrons. The van der Waals surface area contributed by atoms with Crippen LogP contribution < -0.4 is 11.1 Å². The number of thioether (sulfide) groups is 2. The average molecular weight is 447 g/mol. The highest BCUT2D eigenvalue weighted by Gasteiger charge is 2.40. The number of nitrogens with zero attached hydrogens (tertiary/aromatic N) is 2. The quantitative estimate of drug-likeness (QED) is 0.534. The summed E-state index contributed by atoms with van der Waals surface area (Å²) in [6.45, 7) is 1.91. The van der Waals surface area contributed by atoms with Crippen LogP contribution in [0, 0.1) is 6.92 Å². The van der Waals surface area contributed by atoms with Crippen LogP contribution in [0.5, 0.6) is 0 Å². The second kappa shape index (κ2) is 7.59. The minimum absolute atomic E-state index is 0.129. The Morgan fingerprint density at radius 1 is 1.24 bits per heavy atom. The third kappa shape index (κ3) is 3.47. The summed E-state index contributed by atoms with van der Waals surface area (Å²) in [5, 5.41) is 6.18. The summed E-state index contributed by atoms with van der Waals surface area (Å²) >= 11 is 4.84. The number of rotatable bonds is 5. The Labute approximate surface area is 181 Å². The molecule has 0 saturated heterocycles. The number of thiophene rings is 1. The highest BCUT2D eigenvalue weighted by molar-refractivity contribution is 8.01. The van der Waals surface area contributed by atoms with Crippen LogP contribution in [0.25, 0.3) is 0 Å². The van der Waals surface area contributed by atoms with Gasteiger partial charge < -0.3 is 11.1 Å². The van der Waals surface area contributed by atoms with Crippen molar-refractivity contribution >= 4 is 51.7 Å². The van der Waals surface area contributed by atoms with E-state index < -0.39 is 5.91 Å². The van der Waals surface area contributed by atoms with Crippen molar-refractivity contribution in [2.24, 2.45) is 5.73 Å². The number of amides is 2. The molecule has 0 aromatic carbocycles. The zero-order chi connectivity index (χ0) is 20.1. The van der Waals surface area contributed by atoms with Crippen molar-refractivity contribution in [2.75, 3.05) is 11.1 Å². The standard InChI is InChI=1S/C20H22N4O2S3/c1-9-22-18(16-11-5-3-7-13(11)29-20(16)23-9)27-8-14(25)24-19-15(17(21)26)10-4-2-6-12(10)28-19/h11,13H,2-8H2,1H3,(H2,21,26)(H,24,25). The Bertz CT molecular complexity index is 1020. The number of hydrogen-bond acceptors (Lipinski definition) is 7. The van der Waals surface area contributed by atoms with Crippen molar-refractivity contribution in [1.82, 2.24) is 9.97 Å². The van der Waals surface area contributed by atoms with Crippen molar-refractivity contribution in [3.05, 3.63) is 27.4 Å². The van der Waals surface area contributed by atoms with Crippen molar-refractivity contribution in [1.29, 1.82) is 0 Å². The third-order valence-corrected chi connectivity index (χ3v) is 9.43. The van der Waals surface area contributed by atoms with Crippen LogP contribution in [0.1, 0.15) is 63.8 Å². The van der Waals surface area contributed by atoms with E-state index >= 15 is 0 Å². The lowest BCUT2D eigenvalue weighted by atomic mass is 10.0. The molecule has 1 saturated carbocycles. The van der Waals surface area contributed by atoms with E-state index in [0.717, 1.165) is 40.7 Å². The van der Waals surface area contributed by atoms with Gasteiger partial charge in [-0.05, 0) is 44.6 Å². The zero-order valence-corrected chi connectivity index (χ0v) is 18.6. The molecular weight excluding hydrogens is 424 g/mol. The van der Waals surface area contributed by atoms with Crippen LogP contribution in [-0.2, 0) is 17.6 Å². The molecule has 2 amide bonds. The van der Waals surface area contributed by atoms with Crippen molar-refractivity contribution in [3.8, 4) is 0 Å². The molecule has 0 bridgehead atoms. The average Bonchev–Trinajstić information content (AvgIpc) is 3.38. The van der Waals surface area contributed by atoms with E-state index in [0.29, 0.717) is 21.7 Å². The lowest BCUT2D eigenvalue weighted by Crippen LogP contribution is -2.19. The van der Waals surface area contributed by atoms with Gasteiger partial charge >= 0.3 is 0 Å². The number of anilines is 1. The molecule has 5 rings (SSSR count). The number of carbonyl (C=O) groups is 2. The first-order chi connectivity index (χ1) is 14.0. The van der Waals surface area contributed by atoms with E-state index in [1.54, 1.807) is 0 Å². The molecule has 0 radical (unpaired) electrons. The summed E-state index contributed by atoms with van der Waals surface area (Å²) < 4.78 is 0. The van der Waals surface area contributed by atoms with Gasteiger partial charge in [-0.15, -0.1) is 23.1 Å². The van der Waals surface area contributed by atoms with Gasteiger partial charge in [0.25, 0.3) is 5.91 Å². The maximum Gasteiger partial charge on any atom is 0.251 e. The van der Waals surface area contributed by atoms with Gasteiger partial charge in [0.1, 0.15) is 20.9 Å². The molecule has 9 heteroatoms. The van der Waals surface area contributed by atoms with Crippen molar-refractivity contribution in [2.45, 2.75) is 66.7 Å². The molecule has 2 atom stereocenters. The molecule has 6 nitrogen and oxygen atoms in total. The minimum atomic E-state index is -0.458. The van der Waals surface area contributed by atoms with Crippen LogP contribution in [-0.4, -0.2) is 32.8 Å². The maximum absolute atomic E-state index is 12.7. The molecule has 2 aliphatic carbocycles. The molecule has 3 N–H and O–H groups in total. The summed E-state index contributed by atoms with van der Waals surface area (Å²) in [5.41, 5.74) is 8.37. The second-order valence-corrected chi connectivity index (χ2v) is 11.0. The molecule has 2 aromatic heterocycles. The number of fused-ring (bicyclic) bond motifs is 4. The number of nitrogens with two attached hydrogens (primary N) is 1. The Hall–Kier alpha value is -1.58. The maximum atomic E-state index is 12.7. The number of nitrogens with one attached hydrogen (secondary N) is 1. The minimum Gasteiger partial charge on any atom is -0.365 e. The van der Waals surface area contributed by atoms with Crippen LogP contribution in [0.3, 0.4) is 0 Å². The first-order valence-electron chi connectivity index (χ1n) is 9.93. The molecule has 29 heavy (non-hydrogen) atoms. The SMILES string of the molecule is Cc1nc(SCC(=O)Nc2sc3c(c2C(N)=O)CCC3)c2c(n1)SC1CCCC21. The number of aromatic nitrogens is 2. The van der Waals surface area contributed by atoms with Crippen molar-refractivity contribution in [3.63, 3.8) is 0 Å². The van der Waals surface area contributed by atoms with Crippen LogP contribution in [0.4, 0.5) is 5.00 Å². The summed E-state index contributed by atoms with van der Waals surface area (Å²) in [6.07, 6.45) is 6.52. The van der Waals surface area contributed by atoms with E-state index in [9.17, 15) is 9.59 Å². The summed E-state index contributed by atoms with van der Waals surface area (Å²) in [7, 11) is 0. The van der Waals surface area contributed by atoms with Gasteiger partial charge in [-0.1, -0.05) is 18.2 Å². The number of primary amides is 1. The molecule has 3 aliphatic rings. The predicted octanol–water partition coefficient (Wildman–Crippen LogP) is 3.91. The van der Waals surface area contributed by atoms with Crippen LogP contribution in [0.2, 0.25) is 0 Å². The van der Waals surface area contributed by atoms with Gasteiger partial charge in [0.15, 0.2) is 0 Å². The lowest BCUT2D eigenvalue weighted by Gasteiger charge is -2.13. The molecule has 2 unspecified atom stereocenters. The summed E-state index contributed by atoms with van der Waals surface area (Å²) in [5.74, 6) is 0.941. The van der Waals surface area contributed by atoms with E-state index in [4.69, 9.17) is 5.73 Å². The van der Waals surface area contributed by atoms with E-state index in [1.807, 2.05) is 18.7 Å². The lowest BCUT2D eigenvalue weighted by molar-refractivity contribution is -0.113. The van der Waals surface area contributed by atoms with Gasteiger partial charge in [0.05, 0.1) is 11.3 Å². The molecular formula is C20H22N4O2S3. The molecule has 1 fully saturated rings. The van der Waals surface area contributed by atoms with Crippen LogP contribution >= 0.6 is 34.9 Å². The zero-order valence-electron chi connectivity index (χ0n) is 16.1. The Kier molecular flexibility index (Phi) is 5.08. The first kappa shape index (κ1) is 19.4. The third-order valence-electron chi connectivity index (χ3n) is 5.83. The summed E-state index contributed by atoms with van der Waals surface area (Å²) in [6, 6.07) is 0. The highest BCUT2D eigenvalue weighted by atomic mass is 32.2. The van der Waals surface area contributed by atoms with Gasteiger partial charge in [-0.2, -0.15) is 0 Å². The fourth-order valence-corrected chi connectivity index (χ4v) is 8.52. The topological polar surface area (TPSA) is 98.0 Å². The van der Waals surface area contributed by atoms with Gasteiger partial charge in [-0.3, -0.25) is 9.59 Å².